The van der Waals surface area contributed by atoms with Crippen LogP contribution < -0.4 is 15.4 Å². The third-order valence-corrected chi connectivity index (χ3v) is 5.77. The molecule has 1 heterocycles. The highest BCUT2D eigenvalue weighted by Crippen LogP contribution is 2.14. The van der Waals surface area contributed by atoms with E-state index in [1.165, 1.54) is 23.5 Å². The van der Waals surface area contributed by atoms with Gasteiger partial charge in [-0.25, -0.2) is 13.1 Å². The normalized spacial score (nSPS) is 11.0. The zero-order valence-electron chi connectivity index (χ0n) is 14.9. The van der Waals surface area contributed by atoms with Crippen molar-refractivity contribution in [1.29, 1.82) is 0 Å². The van der Waals surface area contributed by atoms with E-state index in [1.54, 1.807) is 19.2 Å². The molecule has 0 fully saturated rings. The fraction of sp³-hybridized carbons (Fsp3) is 0.353. The van der Waals surface area contributed by atoms with Gasteiger partial charge in [0, 0.05) is 43.7 Å². The zero-order chi connectivity index (χ0) is 18.8. The van der Waals surface area contributed by atoms with Crippen LogP contribution in [0.1, 0.15) is 15.2 Å². The molecular weight excluding hydrogens is 410 g/mol. The number of sulfonamides is 1. The number of halogens is 1. The first kappa shape index (κ1) is 23.5. The number of hydrogen-bond donors (Lipinski definition) is 3. The number of nitrogens with one attached hydrogen (secondary N) is 3. The molecular formula is C17H24ClN3O4S2. The fourth-order valence-electron chi connectivity index (χ4n) is 2.13. The van der Waals surface area contributed by atoms with Gasteiger partial charge in [0.15, 0.2) is 0 Å². The lowest BCUT2D eigenvalue weighted by atomic mass is 10.2. The predicted octanol–water partition coefficient (Wildman–Crippen LogP) is 1.61. The molecule has 2 aromatic rings. The minimum atomic E-state index is -3.68. The summed E-state index contributed by atoms with van der Waals surface area (Å²) >= 11 is 1.48. The minimum Gasteiger partial charge on any atom is -0.383 e. The maximum absolute atomic E-state index is 12.4. The Hall–Kier alpha value is -1.49. The van der Waals surface area contributed by atoms with Crippen LogP contribution in [0.4, 0.5) is 0 Å². The van der Waals surface area contributed by atoms with E-state index in [9.17, 15) is 13.2 Å². The van der Waals surface area contributed by atoms with Gasteiger partial charge in [0.25, 0.3) is 5.91 Å². The van der Waals surface area contributed by atoms with Gasteiger partial charge < -0.3 is 15.4 Å². The number of amides is 1. The summed E-state index contributed by atoms with van der Waals surface area (Å²) in [5, 5.41) is 7.75. The quantitative estimate of drug-likeness (QED) is 0.468. The maximum Gasteiger partial charge on any atom is 0.251 e. The average Bonchev–Trinajstić information content (AvgIpc) is 3.16. The summed E-state index contributed by atoms with van der Waals surface area (Å²) in [6, 6.07) is 9.73. The second kappa shape index (κ2) is 12.1. The standard InChI is InChI=1S/C17H23N3O4S2.ClH/c1-24-10-9-18-7-8-19-17(21)14-4-2-6-16(12-14)26(22,23)20-13-15-5-3-11-25-15;/h2-6,11-12,18,20H,7-10,13H2,1H3,(H,19,21);1H. The summed E-state index contributed by atoms with van der Waals surface area (Å²) in [6.07, 6.45) is 0. The molecule has 0 bridgehead atoms. The second-order valence-electron chi connectivity index (χ2n) is 5.43. The van der Waals surface area contributed by atoms with E-state index >= 15 is 0 Å². The van der Waals surface area contributed by atoms with Crippen LogP contribution in [0.5, 0.6) is 0 Å². The lowest BCUT2D eigenvalue weighted by Gasteiger charge is -2.09. The summed E-state index contributed by atoms with van der Waals surface area (Å²) in [5.41, 5.74) is 0.306. The summed E-state index contributed by atoms with van der Waals surface area (Å²) in [4.78, 5) is 13.2. The van der Waals surface area contributed by atoms with Crippen molar-refractivity contribution >= 4 is 39.7 Å². The summed E-state index contributed by atoms with van der Waals surface area (Å²) < 4.78 is 32.3. The van der Waals surface area contributed by atoms with Gasteiger partial charge in [-0.2, -0.15) is 0 Å². The van der Waals surface area contributed by atoms with Crippen LogP contribution in [0, 0.1) is 0 Å². The zero-order valence-corrected chi connectivity index (χ0v) is 17.4. The van der Waals surface area contributed by atoms with Crippen LogP contribution in [0.15, 0.2) is 46.7 Å². The highest BCUT2D eigenvalue weighted by Gasteiger charge is 2.16. The summed E-state index contributed by atoms with van der Waals surface area (Å²) in [7, 11) is -2.05. The second-order valence-corrected chi connectivity index (χ2v) is 8.23. The summed E-state index contributed by atoms with van der Waals surface area (Å²) in [5.74, 6) is -0.311. The van der Waals surface area contributed by atoms with Gasteiger partial charge in [0.1, 0.15) is 0 Å². The third-order valence-electron chi connectivity index (χ3n) is 3.49. The average molecular weight is 434 g/mol. The van der Waals surface area contributed by atoms with Crippen molar-refractivity contribution in [3.05, 3.63) is 52.2 Å². The Kier molecular flexibility index (Phi) is 10.5. The Labute approximate surface area is 170 Å². The molecule has 3 N–H and O–H groups in total. The van der Waals surface area contributed by atoms with Crippen LogP contribution in [0.3, 0.4) is 0 Å². The molecule has 7 nitrogen and oxygen atoms in total. The van der Waals surface area contributed by atoms with Gasteiger partial charge in [-0.3, -0.25) is 4.79 Å². The van der Waals surface area contributed by atoms with Gasteiger partial charge >= 0.3 is 0 Å². The Balaban J connectivity index is 0.00000364. The molecule has 1 aromatic heterocycles. The smallest absolute Gasteiger partial charge is 0.251 e. The minimum absolute atomic E-state index is 0. The van der Waals surface area contributed by atoms with Crippen molar-refractivity contribution in [3.63, 3.8) is 0 Å². The molecule has 27 heavy (non-hydrogen) atoms. The van der Waals surface area contributed by atoms with Crippen molar-refractivity contribution in [3.8, 4) is 0 Å². The predicted molar refractivity (Wildman–Crippen MR) is 109 cm³/mol. The highest BCUT2D eigenvalue weighted by molar-refractivity contribution is 7.89. The number of ether oxygens (including phenoxy) is 1. The van der Waals surface area contributed by atoms with Crippen LogP contribution in [-0.2, 0) is 21.3 Å². The molecule has 0 aliphatic carbocycles. The van der Waals surface area contributed by atoms with E-state index in [0.29, 0.717) is 31.8 Å². The van der Waals surface area contributed by atoms with Gasteiger partial charge in [0.05, 0.1) is 11.5 Å². The fourth-order valence-corrected chi connectivity index (χ4v) is 3.92. The molecule has 0 atom stereocenters. The molecule has 0 saturated carbocycles. The molecule has 2 rings (SSSR count). The molecule has 0 aliphatic rings. The topological polar surface area (TPSA) is 96.5 Å². The number of benzene rings is 1. The van der Waals surface area contributed by atoms with Crippen molar-refractivity contribution in [2.75, 3.05) is 33.4 Å². The highest BCUT2D eigenvalue weighted by atomic mass is 35.5. The lowest BCUT2D eigenvalue weighted by molar-refractivity contribution is 0.0953. The van der Waals surface area contributed by atoms with Crippen molar-refractivity contribution in [1.82, 2.24) is 15.4 Å². The van der Waals surface area contributed by atoms with E-state index in [1.807, 2.05) is 17.5 Å². The molecule has 0 unspecified atom stereocenters. The molecule has 0 radical (unpaired) electrons. The van der Waals surface area contributed by atoms with Crippen LogP contribution in [0.2, 0.25) is 0 Å². The van der Waals surface area contributed by atoms with E-state index in [2.05, 4.69) is 15.4 Å². The molecule has 0 saturated heterocycles. The Morgan fingerprint density at radius 3 is 2.67 bits per heavy atom. The van der Waals surface area contributed by atoms with E-state index in [0.717, 1.165) is 4.88 Å². The molecule has 150 valence electrons. The number of rotatable bonds is 11. The monoisotopic (exact) mass is 433 g/mol. The number of methoxy groups -OCH3 is 1. The van der Waals surface area contributed by atoms with Gasteiger partial charge in [-0.05, 0) is 29.6 Å². The number of hydrogen-bond acceptors (Lipinski definition) is 6. The van der Waals surface area contributed by atoms with E-state index in [4.69, 9.17) is 4.74 Å². The van der Waals surface area contributed by atoms with Gasteiger partial charge in [-0.1, -0.05) is 12.1 Å². The Bertz CT molecular complexity index is 798. The number of carbonyl (C=O) groups excluding carboxylic acids is 1. The van der Waals surface area contributed by atoms with Gasteiger partial charge in [0.2, 0.25) is 10.0 Å². The maximum atomic E-state index is 12.4. The van der Waals surface area contributed by atoms with Crippen molar-refractivity contribution < 1.29 is 17.9 Å². The van der Waals surface area contributed by atoms with E-state index in [-0.39, 0.29) is 29.8 Å². The van der Waals surface area contributed by atoms with Crippen molar-refractivity contribution in [2.24, 2.45) is 0 Å². The Morgan fingerprint density at radius 2 is 1.96 bits per heavy atom. The molecule has 1 aromatic carbocycles. The van der Waals surface area contributed by atoms with Gasteiger partial charge in [-0.15, -0.1) is 23.7 Å². The summed E-state index contributed by atoms with van der Waals surface area (Å²) in [6.45, 7) is 2.58. The molecule has 0 aliphatic heterocycles. The molecule has 0 spiro atoms. The number of thiophene rings is 1. The van der Waals surface area contributed by atoms with Crippen LogP contribution >= 0.6 is 23.7 Å². The van der Waals surface area contributed by atoms with Crippen LogP contribution in [0.25, 0.3) is 0 Å². The van der Waals surface area contributed by atoms with Crippen molar-refractivity contribution in [2.45, 2.75) is 11.4 Å². The van der Waals surface area contributed by atoms with E-state index < -0.39 is 10.0 Å². The molecule has 10 heteroatoms. The first-order chi connectivity index (χ1) is 12.5. The third kappa shape index (κ3) is 7.96. The molecule has 1 amide bonds. The SMILES string of the molecule is COCCNCCNC(=O)c1cccc(S(=O)(=O)NCc2cccs2)c1.Cl. The Morgan fingerprint density at radius 1 is 1.15 bits per heavy atom. The van der Waals surface area contributed by atoms with Crippen LogP contribution in [-0.4, -0.2) is 47.7 Å². The first-order valence-corrected chi connectivity index (χ1v) is 10.5. The largest absolute Gasteiger partial charge is 0.383 e. The lowest BCUT2D eigenvalue weighted by Crippen LogP contribution is -2.33. The first-order valence-electron chi connectivity index (χ1n) is 8.13. The number of carbonyl (C=O) groups is 1.